The van der Waals surface area contributed by atoms with Crippen LogP contribution in [0.2, 0.25) is 5.15 Å². The van der Waals surface area contributed by atoms with Gasteiger partial charge in [-0.15, -0.1) is 0 Å². The Balaban J connectivity index is 2.09. The summed E-state index contributed by atoms with van der Waals surface area (Å²) in [5, 5.41) is 11.8. The van der Waals surface area contributed by atoms with Gasteiger partial charge in [-0.3, -0.25) is 0 Å². The molecule has 0 radical (unpaired) electrons. The van der Waals surface area contributed by atoms with Gasteiger partial charge in [-0.05, 0) is 12.1 Å². The number of nitrogens with two attached hydrogens (primary N) is 1. The second-order valence-electron chi connectivity index (χ2n) is 4.55. The number of rotatable bonds is 4. The highest BCUT2D eigenvalue weighted by atomic mass is 35.5. The molecule has 112 valence electrons. The van der Waals surface area contributed by atoms with Crippen LogP contribution in [0.4, 0.5) is 17.2 Å². The summed E-state index contributed by atoms with van der Waals surface area (Å²) in [7, 11) is 1.55. The van der Waals surface area contributed by atoms with Crippen LogP contribution in [0.3, 0.4) is 0 Å². The number of halogens is 1. The maximum absolute atomic E-state index is 7.40. The Kier molecular flexibility index (Phi) is 3.56. The minimum absolute atomic E-state index is 0.468. The first-order valence-corrected chi connectivity index (χ1v) is 6.74. The highest BCUT2D eigenvalue weighted by Crippen LogP contribution is 2.33. The first-order valence-electron chi connectivity index (χ1n) is 6.36. The Labute approximate surface area is 131 Å². The quantitative estimate of drug-likeness (QED) is 0.436. The Morgan fingerprint density at radius 1 is 1.36 bits per heavy atom. The van der Waals surface area contributed by atoms with Gasteiger partial charge in [0, 0.05) is 23.5 Å². The molecule has 0 fully saturated rings. The molecule has 0 amide bonds. The number of aromatic nitrogens is 3. The van der Waals surface area contributed by atoms with Crippen LogP contribution in [0, 0.1) is 5.41 Å². The van der Waals surface area contributed by atoms with Gasteiger partial charge in [0.25, 0.3) is 0 Å². The Hall–Kier alpha value is -2.80. The average Bonchev–Trinajstić information content (AvgIpc) is 2.89. The van der Waals surface area contributed by atoms with Crippen molar-refractivity contribution in [3.05, 3.63) is 35.2 Å². The van der Waals surface area contributed by atoms with Crippen LogP contribution in [-0.2, 0) is 0 Å². The Morgan fingerprint density at radius 2 is 2.18 bits per heavy atom. The van der Waals surface area contributed by atoms with Crippen molar-refractivity contribution in [1.82, 2.24) is 15.0 Å². The molecule has 2 aromatic heterocycles. The predicted octanol–water partition coefficient (Wildman–Crippen LogP) is 2.94. The van der Waals surface area contributed by atoms with E-state index in [-0.39, 0.29) is 0 Å². The Morgan fingerprint density at radius 3 is 2.91 bits per heavy atom. The molecule has 0 aliphatic rings. The number of nitrogens with zero attached hydrogens (tertiary/aromatic N) is 2. The summed E-state index contributed by atoms with van der Waals surface area (Å²) >= 11 is 5.96. The summed E-state index contributed by atoms with van der Waals surface area (Å²) in [4.78, 5) is 11.3. The lowest BCUT2D eigenvalue weighted by Crippen LogP contribution is -2.01. The summed E-state index contributed by atoms with van der Waals surface area (Å²) in [6.07, 6.45) is 2.61. The van der Waals surface area contributed by atoms with Crippen LogP contribution in [0.25, 0.3) is 11.0 Å². The van der Waals surface area contributed by atoms with Crippen LogP contribution >= 0.6 is 11.6 Å². The molecule has 2 heterocycles. The van der Waals surface area contributed by atoms with Gasteiger partial charge in [-0.1, -0.05) is 11.6 Å². The Bertz CT molecular complexity index is 860. The number of hydrogen-bond acceptors (Lipinski definition) is 6. The van der Waals surface area contributed by atoms with Gasteiger partial charge in [0.1, 0.15) is 28.7 Å². The van der Waals surface area contributed by atoms with Gasteiger partial charge in [-0.2, -0.15) is 0 Å². The number of anilines is 3. The third-order valence-electron chi connectivity index (χ3n) is 3.21. The number of nitrogen functional groups attached to an aromatic ring is 1. The number of nitrogens with one attached hydrogen (secondary N) is 3. The van der Waals surface area contributed by atoms with E-state index < -0.39 is 0 Å². The van der Waals surface area contributed by atoms with Gasteiger partial charge >= 0.3 is 0 Å². The van der Waals surface area contributed by atoms with Gasteiger partial charge in [0.05, 0.1) is 18.2 Å². The second kappa shape index (κ2) is 5.53. The summed E-state index contributed by atoms with van der Waals surface area (Å²) in [6.45, 7) is 0. The summed E-state index contributed by atoms with van der Waals surface area (Å²) < 4.78 is 5.32. The second-order valence-corrected chi connectivity index (χ2v) is 4.96. The molecule has 1 aromatic carbocycles. The monoisotopic (exact) mass is 316 g/mol. The molecular formula is C14H13ClN6O. The van der Waals surface area contributed by atoms with E-state index >= 15 is 0 Å². The highest BCUT2D eigenvalue weighted by molar-refractivity contribution is 6.30. The predicted molar refractivity (Wildman–Crippen MR) is 87.5 cm³/mol. The number of fused-ring (bicyclic) bond motifs is 1. The van der Waals surface area contributed by atoms with Crippen LogP contribution in [0.15, 0.2) is 24.5 Å². The van der Waals surface area contributed by atoms with Crippen LogP contribution in [-0.4, -0.2) is 28.3 Å². The zero-order valence-electron chi connectivity index (χ0n) is 11.6. The number of ether oxygens (including phenoxy) is 1. The van der Waals surface area contributed by atoms with Crippen molar-refractivity contribution in [2.24, 2.45) is 0 Å². The number of hydrogen-bond donors (Lipinski definition) is 4. The third-order valence-corrected chi connectivity index (χ3v) is 3.41. The van der Waals surface area contributed by atoms with E-state index in [1.54, 1.807) is 25.3 Å². The number of H-pyrrole nitrogens is 1. The zero-order chi connectivity index (χ0) is 15.7. The van der Waals surface area contributed by atoms with E-state index in [9.17, 15) is 0 Å². The molecule has 0 saturated carbocycles. The minimum atomic E-state index is 0.468. The first-order chi connectivity index (χ1) is 10.6. The molecule has 3 rings (SSSR count). The number of benzene rings is 1. The topological polar surface area (TPSA) is 113 Å². The maximum atomic E-state index is 7.40. The van der Waals surface area contributed by atoms with E-state index in [4.69, 9.17) is 27.5 Å². The van der Waals surface area contributed by atoms with Gasteiger partial charge in [-0.25, -0.2) is 9.97 Å². The molecule has 0 aliphatic carbocycles. The summed E-state index contributed by atoms with van der Waals surface area (Å²) in [5.41, 5.74) is 8.18. The normalized spacial score (nSPS) is 10.6. The molecule has 0 spiro atoms. The molecule has 0 atom stereocenters. The van der Waals surface area contributed by atoms with Crippen molar-refractivity contribution < 1.29 is 4.74 Å². The smallest absolute Gasteiger partial charge is 0.144 e. The molecule has 22 heavy (non-hydrogen) atoms. The van der Waals surface area contributed by atoms with Crippen LogP contribution in [0.5, 0.6) is 5.75 Å². The molecule has 0 unspecified atom stereocenters. The minimum Gasteiger partial charge on any atom is -0.494 e. The van der Waals surface area contributed by atoms with Crippen molar-refractivity contribution in [1.29, 1.82) is 5.41 Å². The van der Waals surface area contributed by atoms with Crippen LogP contribution < -0.4 is 15.8 Å². The largest absolute Gasteiger partial charge is 0.494 e. The molecule has 0 bridgehead atoms. The van der Waals surface area contributed by atoms with E-state index in [0.29, 0.717) is 39.3 Å². The maximum Gasteiger partial charge on any atom is 0.144 e. The van der Waals surface area contributed by atoms with Gasteiger partial charge in [0.2, 0.25) is 0 Å². The number of aromatic amines is 1. The summed E-state index contributed by atoms with van der Waals surface area (Å²) in [5.74, 6) is 1.13. The van der Waals surface area contributed by atoms with Crippen molar-refractivity contribution in [2.45, 2.75) is 0 Å². The fourth-order valence-electron chi connectivity index (χ4n) is 2.14. The van der Waals surface area contributed by atoms with Gasteiger partial charge in [0.15, 0.2) is 0 Å². The van der Waals surface area contributed by atoms with Crippen molar-refractivity contribution in [2.75, 3.05) is 18.2 Å². The lowest BCUT2D eigenvalue weighted by molar-refractivity contribution is 0.417. The highest BCUT2D eigenvalue weighted by Gasteiger charge is 2.12. The van der Waals surface area contributed by atoms with E-state index in [2.05, 4.69) is 20.3 Å². The lowest BCUT2D eigenvalue weighted by atomic mass is 10.1. The van der Waals surface area contributed by atoms with Crippen LogP contribution in [0.1, 0.15) is 5.56 Å². The molecule has 7 nitrogen and oxygen atoms in total. The molecule has 8 heteroatoms. The lowest BCUT2D eigenvalue weighted by Gasteiger charge is -2.13. The van der Waals surface area contributed by atoms with E-state index in [0.717, 1.165) is 5.39 Å². The number of methoxy groups -OCH3 is 1. The molecular weight excluding hydrogens is 304 g/mol. The SMILES string of the molecule is COc1cc(N)c(C=N)cc1Nc1ncnc2[nH]c(Cl)cc12. The molecule has 0 saturated heterocycles. The summed E-state index contributed by atoms with van der Waals surface area (Å²) in [6, 6.07) is 5.12. The average molecular weight is 317 g/mol. The van der Waals surface area contributed by atoms with Crippen molar-refractivity contribution in [3.8, 4) is 5.75 Å². The third kappa shape index (κ3) is 2.42. The fraction of sp³-hybridized carbons (Fsp3) is 0.0714. The molecule has 3 aromatic rings. The fourth-order valence-corrected chi connectivity index (χ4v) is 2.34. The van der Waals surface area contributed by atoms with Crippen molar-refractivity contribution in [3.63, 3.8) is 0 Å². The molecule has 5 N–H and O–H groups in total. The standard InChI is InChI=1S/C14H13ClN6O/c1-22-11-4-9(17)7(5-16)2-10(11)20-13-8-3-12(15)21-14(8)19-6-18-13/h2-6,16H,17H2,1H3,(H2,18,19,20,21). The molecule has 0 aliphatic heterocycles. The van der Waals surface area contributed by atoms with E-state index in [1.165, 1.54) is 12.5 Å². The van der Waals surface area contributed by atoms with Crippen molar-refractivity contribution >= 4 is 46.0 Å². The zero-order valence-corrected chi connectivity index (χ0v) is 12.4. The van der Waals surface area contributed by atoms with Gasteiger partial charge < -0.3 is 26.2 Å². The van der Waals surface area contributed by atoms with E-state index in [1.807, 2.05) is 0 Å². The first kappa shape index (κ1) is 14.2.